The fourth-order valence-electron chi connectivity index (χ4n) is 1.97. The van der Waals surface area contributed by atoms with E-state index in [-0.39, 0.29) is 0 Å². The normalized spacial score (nSPS) is 16.5. The van der Waals surface area contributed by atoms with E-state index in [2.05, 4.69) is 47.5 Å². The molecule has 0 aromatic heterocycles. The first-order valence-corrected chi connectivity index (χ1v) is 5.34. The highest BCUT2D eigenvalue weighted by Gasteiger charge is 2.07. The van der Waals surface area contributed by atoms with Crippen molar-refractivity contribution in [3.8, 4) is 11.1 Å². The molecule has 0 fully saturated rings. The summed E-state index contributed by atoms with van der Waals surface area (Å²) in [5.74, 6) is 0. The predicted molar refractivity (Wildman–Crippen MR) is 69.1 cm³/mol. The smallest absolute Gasteiger partial charge is 0.0708 e. The molecule has 3 rings (SSSR count). The van der Waals surface area contributed by atoms with E-state index in [1.54, 1.807) is 0 Å². The number of rotatable bonds is 0. The molecular weight excluding hydrogens is 194 g/mol. The van der Waals surface area contributed by atoms with E-state index in [1.165, 1.54) is 16.7 Å². The Labute approximate surface area is 94.8 Å². The van der Waals surface area contributed by atoms with Crippen LogP contribution < -0.4 is 0 Å². The van der Waals surface area contributed by atoms with Gasteiger partial charge in [0, 0.05) is 11.8 Å². The standard InChI is InChI=1S/C15H11N/c1-2-8-13-12(6-1)7-5-11-16-15-10-4-3-9-14(13)15/h1-11H/b7-5-,11-5?,12-7?,14-13?,16-11-,16-15?. The third kappa shape index (κ3) is 1.47. The van der Waals surface area contributed by atoms with Crippen LogP contribution >= 0.6 is 0 Å². The summed E-state index contributed by atoms with van der Waals surface area (Å²) in [6.07, 6.45) is 5.92. The van der Waals surface area contributed by atoms with Crippen molar-refractivity contribution in [1.82, 2.24) is 0 Å². The molecule has 0 saturated carbocycles. The zero-order valence-corrected chi connectivity index (χ0v) is 8.80. The average Bonchev–Trinajstić information content (AvgIpc) is 2.33. The fraction of sp³-hybridized carbons (Fsp3) is 0. The van der Waals surface area contributed by atoms with E-state index in [1.807, 2.05) is 24.4 Å². The molecule has 0 radical (unpaired) electrons. The van der Waals surface area contributed by atoms with E-state index >= 15 is 0 Å². The van der Waals surface area contributed by atoms with E-state index < -0.39 is 0 Å². The lowest BCUT2D eigenvalue weighted by Crippen LogP contribution is -1.86. The van der Waals surface area contributed by atoms with Crippen LogP contribution in [0.5, 0.6) is 0 Å². The summed E-state index contributed by atoms with van der Waals surface area (Å²) in [5.41, 5.74) is 4.70. The Kier molecular flexibility index (Phi) is 2.15. The van der Waals surface area contributed by atoms with Gasteiger partial charge < -0.3 is 0 Å². The van der Waals surface area contributed by atoms with Gasteiger partial charge in [-0.15, -0.1) is 0 Å². The molecule has 76 valence electrons. The van der Waals surface area contributed by atoms with Gasteiger partial charge in [0.05, 0.1) is 5.69 Å². The second-order valence-corrected chi connectivity index (χ2v) is 3.74. The van der Waals surface area contributed by atoms with Gasteiger partial charge in [-0.25, -0.2) is 0 Å². The highest BCUT2D eigenvalue weighted by molar-refractivity contribution is 5.91. The van der Waals surface area contributed by atoms with Gasteiger partial charge in [0.2, 0.25) is 0 Å². The Morgan fingerprint density at radius 2 is 1.50 bits per heavy atom. The minimum Gasteiger partial charge on any atom is -0.256 e. The van der Waals surface area contributed by atoms with Gasteiger partial charge in [-0.3, -0.25) is 4.99 Å². The molecule has 1 heteroatoms. The Balaban J connectivity index is 2.34. The van der Waals surface area contributed by atoms with Crippen molar-refractivity contribution >= 4 is 18.0 Å². The first-order valence-electron chi connectivity index (χ1n) is 5.34. The summed E-state index contributed by atoms with van der Waals surface area (Å²) in [4.78, 5) is 4.43. The molecule has 0 atom stereocenters. The van der Waals surface area contributed by atoms with Crippen LogP contribution in [0.2, 0.25) is 0 Å². The quantitative estimate of drug-likeness (QED) is 0.614. The van der Waals surface area contributed by atoms with Gasteiger partial charge in [-0.05, 0) is 23.3 Å². The van der Waals surface area contributed by atoms with Crippen molar-refractivity contribution in [1.29, 1.82) is 0 Å². The van der Waals surface area contributed by atoms with Crippen LogP contribution in [0.15, 0.2) is 59.6 Å². The van der Waals surface area contributed by atoms with Crippen molar-refractivity contribution in [3.63, 3.8) is 0 Å². The summed E-state index contributed by atoms with van der Waals surface area (Å²) in [6, 6.07) is 16.6. The van der Waals surface area contributed by atoms with Crippen LogP contribution in [0.4, 0.5) is 5.69 Å². The van der Waals surface area contributed by atoms with Crippen molar-refractivity contribution in [2.24, 2.45) is 4.99 Å². The minimum atomic E-state index is 1.03. The van der Waals surface area contributed by atoms with Crippen molar-refractivity contribution in [2.45, 2.75) is 0 Å². The lowest BCUT2D eigenvalue weighted by atomic mass is 9.97. The van der Waals surface area contributed by atoms with Gasteiger partial charge in [-0.2, -0.15) is 0 Å². The Morgan fingerprint density at radius 3 is 2.44 bits per heavy atom. The summed E-state index contributed by atoms with van der Waals surface area (Å²) < 4.78 is 0. The van der Waals surface area contributed by atoms with Crippen LogP contribution in [-0.4, -0.2) is 6.21 Å². The third-order valence-corrected chi connectivity index (χ3v) is 2.73. The van der Waals surface area contributed by atoms with Gasteiger partial charge in [0.25, 0.3) is 0 Å². The molecule has 2 aromatic carbocycles. The van der Waals surface area contributed by atoms with Crippen LogP contribution in [-0.2, 0) is 0 Å². The number of fused-ring (bicyclic) bond motifs is 3. The maximum Gasteiger partial charge on any atom is 0.0708 e. The molecule has 16 heavy (non-hydrogen) atoms. The first-order chi connectivity index (χ1) is 7.95. The minimum absolute atomic E-state index is 1.03. The van der Waals surface area contributed by atoms with E-state index in [0.717, 1.165) is 5.69 Å². The van der Waals surface area contributed by atoms with Crippen LogP contribution in [0.25, 0.3) is 17.2 Å². The second kappa shape index (κ2) is 3.78. The summed E-state index contributed by atoms with van der Waals surface area (Å²) in [6.45, 7) is 0. The molecule has 0 spiro atoms. The fourth-order valence-corrected chi connectivity index (χ4v) is 1.97. The molecule has 2 aromatic rings. The van der Waals surface area contributed by atoms with Crippen molar-refractivity contribution < 1.29 is 0 Å². The number of nitrogens with zero attached hydrogens (tertiary/aromatic N) is 1. The molecule has 0 unspecified atom stereocenters. The molecule has 0 amide bonds. The monoisotopic (exact) mass is 205 g/mol. The van der Waals surface area contributed by atoms with Gasteiger partial charge in [-0.1, -0.05) is 48.5 Å². The van der Waals surface area contributed by atoms with Crippen molar-refractivity contribution in [2.75, 3.05) is 0 Å². The molecule has 0 N–H and O–H groups in total. The van der Waals surface area contributed by atoms with Crippen LogP contribution in [0, 0.1) is 0 Å². The topological polar surface area (TPSA) is 12.4 Å². The van der Waals surface area contributed by atoms with E-state index in [4.69, 9.17) is 0 Å². The summed E-state index contributed by atoms with van der Waals surface area (Å²) >= 11 is 0. The summed E-state index contributed by atoms with van der Waals surface area (Å²) in [5, 5.41) is 0. The molecule has 0 bridgehead atoms. The van der Waals surface area contributed by atoms with E-state index in [9.17, 15) is 0 Å². The Morgan fingerprint density at radius 1 is 0.750 bits per heavy atom. The Bertz CT molecular complexity index is 526. The maximum atomic E-state index is 4.43. The average molecular weight is 205 g/mol. The number of allylic oxidation sites excluding steroid dienone is 1. The molecule has 0 aliphatic carbocycles. The zero-order chi connectivity index (χ0) is 10.8. The predicted octanol–water partition coefficient (Wildman–Crippen LogP) is 4.08. The summed E-state index contributed by atoms with van der Waals surface area (Å²) in [7, 11) is 0. The molecule has 0 saturated heterocycles. The second-order valence-electron chi connectivity index (χ2n) is 3.74. The molecule has 1 aliphatic heterocycles. The lowest BCUT2D eigenvalue weighted by Gasteiger charge is -2.10. The van der Waals surface area contributed by atoms with Gasteiger partial charge >= 0.3 is 0 Å². The van der Waals surface area contributed by atoms with Crippen LogP contribution in [0.1, 0.15) is 5.56 Å². The molecular formula is C15H11N. The maximum absolute atomic E-state index is 4.43. The number of hydrogen-bond donors (Lipinski definition) is 0. The first kappa shape index (κ1) is 9.10. The van der Waals surface area contributed by atoms with Gasteiger partial charge in [0.15, 0.2) is 0 Å². The van der Waals surface area contributed by atoms with E-state index in [0.29, 0.717) is 0 Å². The SMILES string of the molecule is C1=C\c2ccccc2-c2ccccc2\N=C/1. The lowest BCUT2D eigenvalue weighted by molar-refractivity contribution is 1.50. The zero-order valence-electron chi connectivity index (χ0n) is 8.80. The number of hydrogen-bond acceptors (Lipinski definition) is 1. The third-order valence-electron chi connectivity index (χ3n) is 2.73. The number of para-hydroxylation sites is 1. The number of aliphatic imine (C=N–C) groups is 1. The number of benzene rings is 2. The van der Waals surface area contributed by atoms with Gasteiger partial charge in [0.1, 0.15) is 0 Å². The van der Waals surface area contributed by atoms with Crippen LogP contribution in [0.3, 0.4) is 0 Å². The molecule has 1 aliphatic rings. The Hall–Kier alpha value is -2.15. The van der Waals surface area contributed by atoms with Crippen molar-refractivity contribution in [3.05, 3.63) is 60.2 Å². The molecule has 1 heterocycles. The largest absolute Gasteiger partial charge is 0.256 e. The highest BCUT2D eigenvalue weighted by Crippen LogP contribution is 2.33. The highest BCUT2D eigenvalue weighted by atomic mass is 14.7. The molecule has 1 nitrogen and oxygen atoms in total.